The average Bonchev–Trinajstić information content (AvgIpc) is 3.76. The molecular formula is C53H84N4O8. The number of amides is 3. The number of likely N-dealkylation sites (N-methyl/N-ethyl adjacent to an activating group) is 2. The number of benzene rings is 2. The lowest BCUT2D eigenvalue weighted by atomic mass is 9.83. The van der Waals surface area contributed by atoms with E-state index in [9.17, 15) is 24.0 Å². The Labute approximate surface area is 391 Å². The second-order valence-electron chi connectivity index (χ2n) is 19.7. The summed E-state index contributed by atoms with van der Waals surface area (Å²) in [5.74, 6) is -1.87. The second-order valence-corrected chi connectivity index (χ2v) is 19.7. The van der Waals surface area contributed by atoms with Crippen LogP contribution in [0.2, 0.25) is 0 Å². The fourth-order valence-electron chi connectivity index (χ4n) is 9.89. The van der Waals surface area contributed by atoms with Crippen LogP contribution in [-0.2, 0) is 57.4 Å². The minimum absolute atomic E-state index is 0.0179. The van der Waals surface area contributed by atoms with Gasteiger partial charge in [0.1, 0.15) is 6.04 Å². The summed E-state index contributed by atoms with van der Waals surface area (Å²) in [5, 5.41) is 2.88. The van der Waals surface area contributed by atoms with Gasteiger partial charge >= 0.3 is 5.97 Å². The van der Waals surface area contributed by atoms with Gasteiger partial charge in [-0.1, -0.05) is 123 Å². The van der Waals surface area contributed by atoms with Crippen molar-refractivity contribution in [2.75, 3.05) is 48.5 Å². The standard InChI is InChI=1S/C53H84N4O8/c1-15-37(8)49(56(11)52(61)42(35(4)5)32-45(58)48(36(6)7)55(10)29-27-39-23-25-41(26-24-39)30-34(2)3)46(63-12)33-47(59)57-28-19-22-44(57)50(64-13)38(9)51(60)54-43(53(62)65-14)31-40-20-17-16-18-21-40/h16-18,20-21,23-26,34-38,42-44,46,48-50H,15,19,22,27-33H2,1-14H3,(H,54,60)/t37-,38+,42-,43-,44-,46+,48-,49-,50+/m0/s1. The number of nitrogens with zero attached hydrogens (tertiary/aromatic N) is 3. The van der Waals surface area contributed by atoms with Gasteiger partial charge in [0.25, 0.3) is 0 Å². The molecule has 2 aromatic carbocycles. The summed E-state index contributed by atoms with van der Waals surface area (Å²) in [7, 11) is 8.21. The lowest BCUT2D eigenvalue weighted by Crippen LogP contribution is -2.55. The van der Waals surface area contributed by atoms with Gasteiger partial charge in [-0.15, -0.1) is 0 Å². The predicted molar refractivity (Wildman–Crippen MR) is 258 cm³/mol. The van der Waals surface area contributed by atoms with Crippen molar-refractivity contribution in [2.45, 2.75) is 150 Å². The SMILES string of the molecule is CC[C@H](C)[C@@H]([C@@H](CC(=O)N1CCC[C@H]1[C@H](OC)[C@@H](C)C(=O)N[C@@H](Cc1ccccc1)C(=O)OC)OC)N(C)C(=O)[C@@H](CC(=O)[C@H](C(C)C)N(C)CCc1ccc(CC(C)C)cc1)C(C)C. The van der Waals surface area contributed by atoms with Crippen molar-refractivity contribution in [3.8, 4) is 0 Å². The Bertz CT molecular complexity index is 1790. The molecule has 364 valence electrons. The van der Waals surface area contributed by atoms with E-state index >= 15 is 0 Å². The molecule has 3 rings (SSSR count). The lowest BCUT2D eigenvalue weighted by molar-refractivity contribution is -0.150. The van der Waals surface area contributed by atoms with Gasteiger partial charge in [0.05, 0.1) is 49.8 Å². The minimum atomic E-state index is -0.893. The highest BCUT2D eigenvalue weighted by Gasteiger charge is 2.43. The van der Waals surface area contributed by atoms with Crippen LogP contribution in [0.25, 0.3) is 0 Å². The highest BCUT2D eigenvalue weighted by molar-refractivity contribution is 5.90. The summed E-state index contributed by atoms with van der Waals surface area (Å²) >= 11 is 0. The Kier molecular flexibility index (Phi) is 22.8. The third-order valence-electron chi connectivity index (χ3n) is 13.7. The number of likely N-dealkylation sites (tertiary alicyclic amines) is 1. The third-order valence-corrected chi connectivity index (χ3v) is 13.7. The normalized spacial score (nSPS) is 17.9. The number of carbonyl (C=O) groups is 5. The van der Waals surface area contributed by atoms with E-state index < -0.39 is 48.1 Å². The van der Waals surface area contributed by atoms with Crippen LogP contribution < -0.4 is 5.32 Å². The number of carbonyl (C=O) groups excluding carboxylic acids is 5. The van der Waals surface area contributed by atoms with Gasteiger partial charge in [0, 0.05) is 53.1 Å². The van der Waals surface area contributed by atoms with Crippen LogP contribution in [0.3, 0.4) is 0 Å². The van der Waals surface area contributed by atoms with Gasteiger partial charge in [-0.3, -0.25) is 24.1 Å². The van der Waals surface area contributed by atoms with Crippen LogP contribution >= 0.6 is 0 Å². The molecule has 65 heavy (non-hydrogen) atoms. The van der Waals surface area contributed by atoms with E-state index in [4.69, 9.17) is 14.2 Å². The van der Waals surface area contributed by atoms with Crippen LogP contribution in [0.4, 0.5) is 0 Å². The molecule has 12 heteroatoms. The van der Waals surface area contributed by atoms with Crippen molar-refractivity contribution in [3.05, 3.63) is 71.3 Å². The van der Waals surface area contributed by atoms with Crippen LogP contribution in [0.1, 0.15) is 111 Å². The molecule has 2 aromatic rings. The van der Waals surface area contributed by atoms with Gasteiger partial charge in [-0.25, -0.2) is 4.79 Å². The summed E-state index contributed by atoms with van der Waals surface area (Å²) in [4.78, 5) is 75.6. The average molecular weight is 905 g/mol. The number of hydrogen-bond donors (Lipinski definition) is 1. The molecule has 9 atom stereocenters. The molecule has 0 unspecified atom stereocenters. The first kappa shape index (κ1) is 55.2. The number of nitrogens with one attached hydrogen (secondary N) is 1. The summed E-state index contributed by atoms with van der Waals surface area (Å²) in [6, 6.07) is 16.1. The maximum atomic E-state index is 14.7. The van der Waals surface area contributed by atoms with Crippen molar-refractivity contribution in [1.29, 1.82) is 0 Å². The molecule has 0 aromatic heterocycles. The molecule has 1 heterocycles. The first-order valence-electron chi connectivity index (χ1n) is 24.1. The predicted octanol–water partition coefficient (Wildman–Crippen LogP) is 7.44. The second kappa shape index (κ2) is 26.9. The number of hydrogen-bond acceptors (Lipinski definition) is 9. The number of esters is 1. The Balaban J connectivity index is 1.76. The summed E-state index contributed by atoms with van der Waals surface area (Å²) in [6.45, 7) is 19.7. The summed E-state index contributed by atoms with van der Waals surface area (Å²) in [6.07, 6.45) is 3.11. The third kappa shape index (κ3) is 15.7. The molecule has 1 aliphatic heterocycles. The van der Waals surface area contributed by atoms with Crippen LogP contribution in [-0.4, -0.2) is 129 Å². The minimum Gasteiger partial charge on any atom is -0.467 e. The molecule has 0 spiro atoms. The molecule has 1 aliphatic rings. The molecule has 0 saturated carbocycles. The van der Waals surface area contributed by atoms with Crippen molar-refractivity contribution in [1.82, 2.24) is 20.0 Å². The summed E-state index contributed by atoms with van der Waals surface area (Å²) in [5.41, 5.74) is 3.45. The van der Waals surface area contributed by atoms with Crippen molar-refractivity contribution < 1.29 is 38.2 Å². The molecule has 1 saturated heterocycles. The number of rotatable bonds is 27. The quantitative estimate of drug-likeness (QED) is 0.0909. The zero-order valence-corrected chi connectivity index (χ0v) is 42.3. The smallest absolute Gasteiger partial charge is 0.328 e. The zero-order chi connectivity index (χ0) is 48.5. The highest BCUT2D eigenvalue weighted by Crippen LogP contribution is 2.31. The highest BCUT2D eigenvalue weighted by atomic mass is 16.5. The Hall–Kier alpha value is -4.13. The van der Waals surface area contributed by atoms with E-state index in [2.05, 4.69) is 76.0 Å². The topological polar surface area (TPSA) is 135 Å². The van der Waals surface area contributed by atoms with Crippen LogP contribution in [0, 0.1) is 35.5 Å². The molecule has 1 fully saturated rings. The number of ketones is 1. The van der Waals surface area contributed by atoms with Gasteiger partial charge in [0.15, 0.2) is 5.78 Å². The van der Waals surface area contributed by atoms with Crippen molar-refractivity contribution >= 4 is 29.5 Å². The van der Waals surface area contributed by atoms with E-state index in [0.717, 1.165) is 37.8 Å². The van der Waals surface area contributed by atoms with Crippen LogP contribution in [0.15, 0.2) is 54.6 Å². The van der Waals surface area contributed by atoms with E-state index in [1.54, 1.807) is 38.0 Å². The van der Waals surface area contributed by atoms with E-state index in [1.165, 1.54) is 18.2 Å². The monoisotopic (exact) mass is 905 g/mol. The fourth-order valence-corrected chi connectivity index (χ4v) is 9.89. The fraction of sp³-hybridized carbons (Fsp3) is 0.679. The maximum absolute atomic E-state index is 14.7. The number of Topliss-reactive ketones (excluding diaryl/α,β-unsaturated/α-hetero) is 1. The molecule has 0 bridgehead atoms. The van der Waals surface area contributed by atoms with Gasteiger partial charge in [-0.2, -0.15) is 0 Å². The molecule has 0 radical (unpaired) electrons. The summed E-state index contributed by atoms with van der Waals surface area (Å²) < 4.78 is 17.1. The largest absolute Gasteiger partial charge is 0.467 e. The van der Waals surface area contributed by atoms with E-state index in [-0.39, 0.29) is 66.6 Å². The Morgan fingerprint density at radius 3 is 1.94 bits per heavy atom. The van der Waals surface area contributed by atoms with E-state index in [1.807, 2.05) is 51.2 Å². The molecule has 0 aliphatic carbocycles. The first-order valence-corrected chi connectivity index (χ1v) is 24.1. The van der Waals surface area contributed by atoms with Crippen molar-refractivity contribution in [3.63, 3.8) is 0 Å². The van der Waals surface area contributed by atoms with Crippen LogP contribution in [0.5, 0.6) is 0 Å². The molecule has 3 amide bonds. The van der Waals surface area contributed by atoms with Gasteiger partial charge in [-0.05, 0) is 73.1 Å². The Morgan fingerprint density at radius 1 is 0.785 bits per heavy atom. The number of methoxy groups -OCH3 is 3. The Morgan fingerprint density at radius 2 is 1.40 bits per heavy atom. The zero-order valence-electron chi connectivity index (χ0n) is 42.3. The molecule has 12 nitrogen and oxygen atoms in total. The first-order chi connectivity index (χ1) is 30.8. The maximum Gasteiger partial charge on any atom is 0.328 e. The molecule has 1 N–H and O–H groups in total. The molecular weight excluding hydrogens is 821 g/mol. The lowest BCUT2D eigenvalue weighted by Gasteiger charge is -2.41. The number of ether oxygens (including phenoxy) is 3. The van der Waals surface area contributed by atoms with Gasteiger partial charge in [0.2, 0.25) is 17.7 Å². The van der Waals surface area contributed by atoms with Crippen molar-refractivity contribution in [2.24, 2.45) is 35.5 Å². The van der Waals surface area contributed by atoms with Gasteiger partial charge < -0.3 is 29.3 Å². The van der Waals surface area contributed by atoms with E-state index in [0.29, 0.717) is 18.9 Å².